The van der Waals surface area contributed by atoms with E-state index in [1.54, 1.807) is 0 Å². The van der Waals surface area contributed by atoms with Crippen LogP contribution in [0.3, 0.4) is 0 Å². The summed E-state index contributed by atoms with van der Waals surface area (Å²) in [6.07, 6.45) is 3.44. The van der Waals surface area contributed by atoms with E-state index in [4.69, 9.17) is 0 Å². The van der Waals surface area contributed by atoms with Crippen LogP contribution in [-0.2, 0) is 9.59 Å². The first-order chi connectivity index (χ1) is 14.8. The normalized spacial score (nSPS) is 23.9. The highest BCUT2D eigenvalue weighted by molar-refractivity contribution is 5.79. The van der Waals surface area contributed by atoms with Crippen molar-refractivity contribution in [2.75, 3.05) is 0 Å². The molecule has 31 heavy (non-hydrogen) atoms. The van der Waals surface area contributed by atoms with Gasteiger partial charge in [-0.1, -0.05) is 36.4 Å². The molecule has 164 valence electrons. The van der Waals surface area contributed by atoms with E-state index in [1.165, 1.54) is 33.4 Å². The van der Waals surface area contributed by atoms with E-state index in [9.17, 15) is 9.59 Å². The van der Waals surface area contributed by atoms with Crippen molar-refractivity contribution in [2.24, 2.45) is 0 Å². The largest absolute Gasteiger partial charge is 0.353 e. The Morgan fingerprint density at radius 1 is 0.710 bits per heavy atom. The summed E-state index contributed by atoms with van der Waals surface area (Å²) in [6.45, 7) is 8.50. The third-order valence-electron chi connectivity index (χ3n) is 7.00. The van der Waals surface area contributed by atoms with Gasteiger partial charge in [0.25, 0.3) is 0 Å². The number of amides is 2. The van der Waals surface area contributed by atoms with Gasteiger partial charge < -0.3 is 10.6 Å². The molecule has 0 heterocycles. The summed E-state index contributed by atoms with van der Waals surface area (Å²) < 4.78 is 0. The van der Waals surface area contributed by atoms with Gasteiger partial charge in [-0.25, -0.2) is 0 Å². The molecule has 2 aromatic carbocycles. The summed E-state index contributed by atoms with van der Waals surface area (Å²) in [5.74, 6) is 0.986. The van der Waals surface area contributed by atoms with Crippen molar-refractivity contribution >= 4 is 11.8 Å². The minimum Gasteiger partial charge on any atom is -0.353 e. The fourth-order valence-corrected chi connectivity index (χ4v) is 4.40. The average Bonchev–Trinajstić information content (AvgIpc) is 3.63. The molecule has 4 nitrogen and oxygen atoms in total. The molecule has 4 heteroatoms. The standard InChI is InChI=1S/C27H34N2O2/c1-16-8-10-20(12-18(16)3)22-14-24(22)28-26(30)6-5-7-27(31)29-25-15-23(25)21-11-9-17(2)19(4)13-21/h8-13,22-25H,5-7,14-15H2,1-4H3,(H,28,30)(H,29,31)/t22-,23-,24+,25+/m0/s1. The minimum absolute atomic E-state index is 0.0589. The first-order valence-electron chi connectivity index (χ1n) is 11.5. The predicted molar refractivity (Wildman–Crippen MR) is 124 cm³/mol. The Morgan fingerprint density at radius 2 is 1.13 bits per heavy atom. The predicted octanol–water partition coefficient (Wildman–Crippen LogP) is 4.73. The van der Waals surface area contributed by atoms with Crippen LogP contribution < -0.4 is 10.6 Å². The van der Waals surface area contributed by atoms with Crippen molar-refractivity contribution in [2.45, 2.75) is 83.7 Å². The van der Waals surface area contributed by atoms with Crippen molar-refractivity contribution < 1.29 is 9.59 Å². The van der Waals surface area contributed by atoms with Crippen LogP contribution in [0.25, 0.3) is 0 Å². The molecule has 0 spiro atoms. The molecule has 2 aliphatic carbocycles. The number of hydrogen-bond donors (Lipinski definition) is 2. The number of benzene rings is 2. The summed E-state index contributed by atoms with van der Waals surface area (Å²) in [5.41, 5.74) is 7.84. The van der Waals surface area contributed by atoms with E-state index in [1.807, 2.05) is 0 Å². The first-order valence-corrected chi connectivity index (χ1v) is 11.5. The van der Waals surface area contributed by atoms with Gasteiger partial charge >= 0.3 is 0 Å². The van der Waals surface area contributed by atoms with Gasteiger partial charge in [0.05, 0.1) is 0 Å². The summed E-state index contributed by atoms with van der Waals surface area (Å²) in [4.78, 5) is 24.5. The Kier molecular flexibility index (Phi) is 6.17. The molecule has 0 bridgehead atoms. The zero-order valence-corrected chi connectivity index (χ0v) is 19.1. The maximum atomic E-state index is 12.3. The van der Waals surface area contributed by atoms with Crippen LogP contribution in [0.4, 0.5) is 0 Å². The lowest BCUT2D eigenvalue weighted by atomic mass is 10.0. The number of aryl methyl sites for hydroxylation is 4. The molecular weight excluding hydrogens is 384 g/mol. The van der Waals surface area contributed by atoms with Crippen LogP contribution in [-0.4, -0.2) is 23.9 Å². The fraction of sp³-hybridized carbons (Fsp3) is 0.481. The number of carbonyl (C=O) groups is 2. The highest BCUT2D eigenvalue weighted by atomic mass is 16.2. The zero-order chi connectivity index (χ0) is 22.1. The molecule has 0 unspecified atom stereocenters. The average molecular weight is 419 g/mol. The van der Waals surface area contributed by atoms with Gasteiger partial charge in [0.15, 0.2) is 0 Å². The van der Waals surface area contributed by atoms with Gasteiger partial charge in [-0.05, 0) is 80.3 Å². The Morgan fingerprint density at radius 3 is 1.52 bits per heavy atom. The van der Waals surface area contributed by atoms with Crippen molar-refractivity contribution in [3.63, 3.8) is 0 Å². The summed E-state index contributed by atoms with van der Waals surface area (Å²) in [6, 6.07) is 13.6. The van der Waals surface area contributed by atoms with Gasteiger partial charge in [-0.3, -0.25) is 9.59 Å². The Hall–Kier alpha value is -2.62. The zero-order valence-electron chi connectivity index (χ0n) is 19.1. The van der Waals surface area contributed by atoms with E-state index >= 15 is 0 Å². The van der Waals surface area contributed by atoms with Crippen molar-refractivity contribution in [1.82, 2.24) is 10.6 Å². The van der Waals surface area contributed by atoms with Crippen molar-refractivity contribution in [3.05, 3.63) is 69.8 Å². The molecule has 2 aliphatic rings. The van der Waals surface area contributed by atoms with Crippen molar-refractivity contribution in [3.8, 4) is 0 Å². The van der Waals surface area contributed by atoms with Crippen LogP contribution in [0.1, 0.15) is 77.3 Å². The number of hydrogen-bond acceptors (Lipinski definition) is 2. The molecule has 4 rings (SSSR count). The smallest absolute Gasteiger partial charge is 0.220 e. The van der Waals surface area contributed by atoms with Crippen molar-refractivity contribution in [1.29, 1.82) is 0 Å². The van der Waals surface area contributed by atoms with Crippen LogP contribution >= 0.6 is 0 Å². The van der Waals surface area contributed by atoms with Gasteiger partial charge in [0, 0.05) is 36.8 Å². The lowest BCUT2D eigenvalue weighted by Crippen LogP contribution is -2.28. The van der Waals surface area contributed by atoms with Gasteiger partial charge in [-0.2, -0.15) is 0 Å². The fourth-order valence-electron chi connectivity index (χ4n) is 4.40. The summed E-state index contributed by atoms with van der Waals surface area (Å²) >= 11 is 0. The molecule has 2 amide bonds. The molecule has 2 N–H and O–H groups in total. The second-order valence-corrected chi connectivity index (χ2v) is 9.57. The third kappa shape index (κ3) is 5.36. The topological polar surface area (TPSA) is 58.2 Å². The second kappa shape index (κ2) is 8.86. The summed E-state index contributed by atoms with van der Waals surface area (Å²) in [5, 5.41) is 6.26. The third-order valence-corrected chi connectivity index (χ3v) is 7.00. The van der Waals surface area contributed by atoms with Gasteiger partial charge in [0.1, 0.15) is 0 Å². The van der Waals surface area contributed by atoms with E-state index in [0.29, 0.717) is 31.1 Å². The number of carbonyl (C=O) groups excluding carboxylic acids is 2. The number of nitrogens with one attached hydrogen (secondary N) is 2. The highest BCUT2D eigenvalue weighted by Crippen LogP contribution is 2.42. The first kappa shape index (κ1) is 21.6. The lowest BCUT2D eigenvalue weighted by Gasteiger charge is -2.08. The Bertz CT molecular complexity index is 917. The molecule has 0 aromatic heterocycles. The van der Waals surface area contributed by atoms with Crippen LogP contribution in [0.5, 0.6) is 0 Å². The molecule has 2 aromatic rings. The molecule has 2 fully saturated rings. The monoisotopic (exact) mass is 418 g/mol. The van der Waals surface area contributed by atoms with Crippen LogP contribution in [0.15, 0.2) is 36.4 Å². The maximum Gasteiger partial charge on any atom is 0.220 e. The van der Waals surface area contributed by atoms with Crippen LogP contribution in [0.2, 0.25) is 0 Å². The lowest BCUT2D eigenvalue weighted by molar-refractivity contribution is -0.122. The summed E-state index contributed by atoms with van der Waals surface area (Å²) in [7, 11) is 0. The maximum absolute atomic E-state index is 12.3. The number of rotatable bonds is 8. The molecule has 0 aliphatic heterocycles. The molecule has 0 radical (unpaired) electrons. The molecular formula is C27H34N2O2. The minimum atomic E-state index is 0.0589. The van der Waals surface area contributed by atoms with E-state index in [0.717, 1.165) is 12.8 Å². The SMILES string of the molecule is Cc1ccc([C@@H]2C[C@H]2NC(=O)CCCC(=O)N[C@@H]2C[C@H]2c2ccc(C)c(C)c2)cc1C. The van der Waals surface area contributed by atoms with Gasteiger partial charge in [0.2, 0.25) is 11.8 Å². The van der Waals surface area contributed by atoms with Crippen LogP contribution in [0, 0.1) is 27.7 Å². The Balaban J connectivity index is 1.13. The van der Waals surface area contributed by atoms with E-state index in [-0.39, 0.29) is 23.9 Å². The quantitative estimate of drug-likeness (QED) is 0.651. The second-order valence-electron chi connectivity index (χ2n) is 9.57. The van der Waals surface area contributed by atoms with E-state index in [2.05, 4.69) is 74.7 Å². The molecule has 2 saturated carbocycles. The Labute approximate surface area is 185 Å². The molecule has 4 atom stereocenters. The van der Waals surface area contributed by atoms with E-state index < -0.39 is 0 Å². The van der Waals surface area contributed by atoms with Gasteiger partial charge in [-0.15, -0.1) is 0 Å². The highest BCUT2D eigenvalue weighted by Gasteiger charge is 2.40. The molecule has 0 saturated heterocycles.